The Kier molecular flexibility index (Phi) is 7.02. The normalized spacial score (nSPS) is 17.3. The largest absolute Gasteiger partial charge is 0.411 e. The minimum atomic E-state index is -4.25. The van der Waals surface area contributed by atoms with Crippen molar-refractivity contribution >= 4 is 17.2 Å². The zero-order chi connectivity index (χ0) is 14.3. The van der Waals surface area contributed by atoms with Gasteiger partial charge in [0.15, 0.2) is 0 Å². The van der Waals surface area contributed by atoms with Gasteiger partial charge in [0.2, 0.25) is 0 Å². The van der Waals surface area contributed by atoms with E-state index in [0.717, 1.165) is 12.8 Å². The topological polar surface area (TPSA) is 38.5 Å². The molecule has 0 aliphatic heterocycles. The number of alkyl halides is 3. The summed E-state index contributed by atoms with van der Waals surface area (Å²) in [5.41, 5.74) is 5.56. The third-order valence-corrected chi connectivity index (χ3v) is 3.33. The van der Waals surface area contributed by atoms with Gasteiger partial charge in [0.1, 0.15) is 6.61 Å². The van der Waals surface area contributed by atoms with Crippen LogP contribution in [0.1, 0.15) is 32.1 Å². The molecule has 0 saturated heterocycles. The summed E-state index contributed by atoms with van der Waals surface area (Å²) >= 11 is 4.91. The highest BCUT2D eigenvalue weighted by molar-refractivity contribution is 7.80. The molecule has 0 amide bonds. The summed E-state index contributed by atoms with van der Waals surface area (Å²) in [6, 6.07) is 0.462. The second-order valence-corrected chi connectivity index (χ2v) is 5.42. The van der Waals surface area contributed by atoms with Crippen molar-refractivity contribution in [2.24, 2.45) is 5.73 Å². The molecule has 0 heterocycles. The molecule has 0 radical (unpaired) electrons. The monoisotopic (exact) mass is 298 g/mol. The van der Waals surface area contributed by atoms with E-state index in [1.807, 2.05) is 0 Å². The van der Waals surface area contributed by atoms with E-state index >= 15 is 0 Å². The van der Waals surface area contributed by atoms with Crippen LogP contribution in [-0.4, -0.2) is 48.4 Å². The quantitative estimate of drug-likeness (QED) is 0.552. The Balaban J connectivity index is 2.22. The van der Waals surface area contributed by atoms with Crippen LogP contribution in [0.3, 0.4) is 0 Å². The first-order valence-electron chi connectivity index (χ1n) is 6.55. The van der Waals surface area contributed by atoms with Crippen molar-refractivity contribution in [1.82, 2.24) is 4.90 Å². The van der Waals surface area contributed by atoms with Crippen molar-refractivity contribution in [1.29, 1.82) is 0 Å². The van der Waals surface area contributed by atoms with E-state index in [0.29, 0.717) is 30.5 Å². The average Bonchev–Trinajstić information content (AvgIpc) is 2.78. The first-order valence-corrected chi connectivity index (χ1v) is 6.96. The molecule has 7 heteroatoms. The molecule has 0 bridgehead atoms. The van der Waals surface area contributed by atoms with Crippen molar-refractivity contribution < 1.29 is 17.9 Å². The molecule has 0 atom stereocenters. The van der Waals surface area contributed by atoms with Gasteiger partial charge in [0.05, 0.1) is 4.99 Å². The summed E-state index contributed by atoms with van der Waals surface area (Å²) in [7, 11) is 0. The predicted molar refractivity (Wildman–Crippen MR) is 72.1 cm³/mol. The third kappa shape index (κ3) is 7.69. The SMILES string of the molecule is NC(=S)CN(CCCOCC(F)(F)F)C1CCCC1. The van der Waals surface area contributed by atoms with E-state index in [1.165, 1.54) is 12.8 Å². The minimum Gasteiger partial charge on any atom is -0.392 e. The van der Waals surface area contributed by atoms with Crippen LogP contribution in [0.2, 0.25) is 0 Å². The maximum atomic E-state index is 11.9. The molecule has 1 saturated carbocycles. The van der Waals surface area contributed by atoms with E-state index in [1.54, 1.807) is 0 Å². The summed E-state index contributed by atoms with van der Waals surface area (Å²) < 4.78 is 40.3. The molecule has 1 aliphatic rings. The second kappa shape index (κ2) is 8.01. The van der Waals surface area contributed by atoms with Crippen LogP contribution in [0.4, 0.5) is 13.2 Å². The smallest absolute Gasteiger partial charge is 0.392 e. The zero-order valence-electron chi connectivity index (χ0n) is 10.9. The lowest BCUT2D eigenvalue weighted by atomic mass is 10.2. The standard InChI is InChI=1S/C12H21F3N2OS/c13-12(14,15)9-18-7-3-6-17(8-11(16)19)10-4-1-2-5-10/h10H,1-9H2,(H2,16,19). The molecular formula is C12H21F3N2OS. The lowest BCUT2D eigenvalue weighted by molar-refractivity contribution is -0.174. The van der Waals surface area contributed by atoms with Crippen LogP contribution < -0.4 is 5.73 Å². The molecule has 112 valence electrons. The van der Waals surface area contributed by atoms with Crippen LogP contribution >= 0.6 is 12.2 Å². The van der Waals surface area contributed by atoms with Gasteiger partial charge in [-0.05, 0) is 19.3 Å². The van der Waals surface area contributed by atoms with Crippen molar-refractivity contribution in [2.45, 2.75) is 44.3 Å². The fourth-order valence-electron chi connectivity index (χ4n) is 2.42. The average molecular weight is 298 g/mol. The van der Waals surface area contributed by atoms with E-state index in [9.17, 15) is 13.2 Å². The summed E-state index contributed by atoms with van der Waals surface area (Å²) in [6.07, 6.45) is 0.948. The van der Waals surface area contributed by atoms with Crippen molar-refractivity contribution in [3.63, 3.8) is 0 Å². The van der Waals surface area contributed by atoms with Crippen LogP contribution in [0.25, 0.3) is 0 Å². The summed E-state index contributed by atoms with van der Waals surface area (Å²) in [5, 5.41) is 0. The fraction of sp³-hybridized carbons (Fsp3) is 0.917. The number of ether oxygens (including phenoxy) is 1. The van der Waals surface area contributed by atoms with Crippen molar-refractivity contribution in [3.8, 4) is 0 Å². The molecule has 0 spiro atoms. The van der Waals surface area contributed by atoms with Gasteiger partial charge < -0.3 is 10.5 Å². The number of nitrogens with zero attached hydrogens (tertiary/aromatic N) is 1. The van der Waals surface area contributed by atoms with E-state index < -0.39 is 12.8 Å². The molecule has 1 fully saturated rings. The van der Waals surface area contributed by atoms with Crippen molar-refractivity contribution in [3.05, 3.63) is 0 Å². The lowest BCUT2D eigenvalue weighted by Crippen LogP contribution is -2.40. The molecule has 0 unspecified atom stereocenters. The van der Waals surface area contributed by atoms with Crippen molar-refractivity contribution in [2.75, 3.05) is 26.3 Å². The molecule has 0 aromatic heterocycles. The van der Waals surface area contributed by atoms with Gasteiger partial charge in [-0.3, -0.25) is 4.90 Å². The number of nitrogens with two attached hydrogens (primary N) is 1. The third-order valence-electron chi connectivity index (χ3n) is 3.20. The van der Waals surface area contributed by atoms with Gasteiger partial charge >= 0.3 is 6.18 Å². The maximum Gasteiger partial charge on any atom is 0.411 e. The Labute approximate surface area is 117 Å². The Bertz CT molecular complexity index is 281. The van der Waals surface area contributed by atoms with Gasteiger partial charge in [0, 0.05) is 25.7 Å². The predicted octanol–water partition coefficient (Wildman–Crippen LogP) is 2.49. The number of thiocarbonyl (C=S) groups is 1. The highest BCUT2D eigenvalue weighted by Crippen LogP contribution is 2.23. The molecule has 1 aliphatic carbocycles. The number of halogens is 3. The molecular weight excluding hydrogens is 277 g/mol. The van der Waals surface area contributed by atoms with Gasteiger partial charge in [0.25, 0.3) is 0 Å². The number of hydrogen-bond acceptors (Lipinski definition) is 3. The van der Waals surface area contributed by atoms with E-state index in [2.05, 4.69) is 9.64 Å². The van der Waals surface area contributed by atoms with Crippen LogP contribution in [0, 0.1) is 0 Å². The van der Waals surface area contributed by atoms with E-state index in [-0.39, 0.29) is 6.61 Å². The first-order chi connectivity index (χ1) is 8.88. The fourth-order valence-corrected chi connectivity index (χ4v) is 2.58. The van der Waals surface area contributed by atoms with Gasteiger partial charge in [-0.25, -0.2) is 0 Å². The highest BCUT2D eigenvalue weighted by atomic mass is 32.1. The summed E-state index contributed by atoms with van der Waals surface area (Å²) in [6.45, 7) is 0.158. The summed E-state index contributed by atoms with van der Waals surface area (Å²) in [5.74, 6) is 0. The molecule has 0 aromatic carbocycles. The molecule has 19 heavy (non-hydrogen) atoms. The maximum absolute atomic E-state index is 11.9. The lowest BCUT2D eigenvalue weighted by Gasteiger charge is -2.28. The summed E-state index contributed by atoms with van der Waals surface area (Å²) in [4.78, 5) is 2.61. The molecule has 0 aromatic rings. The van der Waals surface area contributed by atoms with Gasteiger partial charge in [-0.2, -0.15) is 13.2 Å². The molecule has 1 rings (SSSR count). The Morgan fingerprint density at radius 3 is 2.47 bits per heavy atom. The van der Waals surface area contributed by atoms with Crippen LogP contribution in [-0.2, 0) is 4.74 Å². The Hall–Kier alpha value is -0.400. The minimum absolute atomic E-state index is 0.111. The number of rotatable bonds is 8. The zero-order valence-corrected chi connectivity index (χ0v) is 11.7. The van der Waals surface area contributed by atoms with Crippen LogP contribution in [0.5, 0.6) is 0 Å². The molecule has 3 nitrogen and oxygen atoms in total. The number of hydrogen-bond donors (Lipinski definition) is 1. The van der Waals surface area contributed by atoms with E-state index in [4.69, 9.17) is 18.0 Å². The van der Waals surface area contributed by atoms with Gasteiger partial charge in [-0.15, -0.1) is 0 Å². The Morgan fingerprint density at radius 1 is 1.32 bits per heavy atom. The van der Waals surface area contributed by atoms with Gasteiger partial charge in [-0.1, -0.05) is 25.1 Å². The molecule has 2 N–H and O–H groups in total. The van der Waals surface area contributed by atoms with Crippen LogP contribution in [0.15, 0.2) is 0 Å². The second-order valence-electron chi connectivity index (χ2n) is 4.90. The first kappa shape index (κ1) is 16.7. The Morgan fingerprint density at radius 2 is 1.95 bits per heavy atom. The highest BCUT2D eigenvalue weighted by Gasteiger charge is 2.27.